The fourth-order valence-electron chi connectivity index (χ4n) is 1.84. The Balaban J connectivity index is 2.08. The molecule has 0 nitrogen and oxygen atoms in total. The Morgan fingerprint density at radius 2 is 0.692 bits per heavy atom. The summed E-state index contributed by atoms with van der Waals surface area (Å²) in [5.74, 6) is 0. The van der Waals surface area contributed by atoms with E-state index in [1.165, 1.54) is 43.6 Å². The summed E-state index contributed by atoms with van der Waals surface area (Å²) in [7, 11) is 0. The molecule has 0 bridgehead atoms. The van der Waals surface area contributed by atoms with Crippen LogP contribution in [-0.4, -0.2) is 83.7 Å². The molecule has 0 fully saturated rings. The van der Waals surface area contributed by atoms with Gasteiger partial charge in [-0.15, -0.1) is 0 Å². The van der Waals surface area contributed by atoms with Crippen molar-refractivity contribution in [2.75, 3.05) is 0 Å². The third-order valence-electron chi connectivity index (χ3n) is 2.99. The van der Waals surface area contributed by atoms with Gasteiger partial charge in [0.15, 0.2) is 0 Å². The summed E-state index contributed by atoms with van der Waals surface area (Å²) in [6.07, 6.45) is 5.53. The average Bonchev–Trinajstić information content (AvgIpc) is 3.25. The van der Waals surface area contributed by atoms with Gasteiger partial charge in [0, 0.05) is 0 Å². The summed E-state index contributed by atoms with van der Waals surface area (Å²) in [5.41, 5.74) is 0. The summed E-state index contributed by atoms with van der Waals surface area (Å²) in [6, 6.07) is 0. The van der Waals surface area contributed by atoms with E-state index in [0.29, 0.717) is 0 Å². The molecule has 0 saturated heterocycles. The summed E-state index contributed by atoms with van der Waals surface area (Å²) in [5, 5.41) is 0. The SMILES string of the molecule is CCC[Te]C1=C([Te]CCC)SC(=C2SC([Te]CCC)=C([Te]CCC)S2)S1. The monoisotopic (exact) mass is 892 g/mol. The molecule has 0 aromatic heterocycles. The molecular formula is C18H28S4Te4. The molecule has 0 amide bonds. The van der Waals surface area contributed by atoms with Crippen LogP contribution in [0.1, 0.15) is 53.4 Å². The normalized spacial score (nSPS) is 18.0. The van der Waals surface area contributed by atoms with Gasteiger partial charge in [-0.3, -0.25) is 0 Å². The van der Waals surface area contributed by atoms with Crippen LogP contribution in [0.25, 0.3) is 0 Å². The van der Waals surface area contributed by atoms with Crippen LogP contribution in [0, 0.1) is 0 Å². The van der Waals surface area contributed by atoms with E-state index in [-0.39, 0.29) is 83.7 Å². The number of hydrogen-bond donors (Lipinski definition) is 0. The van der Waals surface area contributed by atoms with E-state index in [9.17, 15) is 0 Å². The molecule has 0 aromatic rings. The molecule has 0 unspecified atom stereocenters. The molecule has 2 aliphatic heterocycles. The first kappa shape index (κ1) is 26.0. The summed E-state index contributed by atoms with van der Waals surface area (Å²) in [4.78, 5) is 0. The van der Waals surface area contributed by atoms with Crippen molar-refractivity contribution in [3.63, 3.8) is 0 Å². The quantitative estimate of drug-likeness (QED) is 0.187. The molecule has 0 N–H and O–H groups in total. The predicted molar refractivity (Wildman–Crippen MR) is 135 cm³/mol. The van der Waals surface area contributed by atoms with E-state index < -0.39 is 0 Å². The minimum absolute atomic E-state index is 0.0904. The van der Waals surface area contributed by atoms with Crippen molar-refractivity contribution >= 4 is 131 Å². The third-order valence-corrected chi connectivity index (χ3v) is 30.3. The van der Waals surface area contributed by atoms with Crippen LogP contribution in [-0.2, 0) is 0 Å². The molecule has 0 radical (unpaired) electrons. The molecular weight excluding hydrogens is 855 g/mol. The van der Waals surface area contributed by atoms with Crippen LogP contribution < -0.4 is 0 Å². The van der Waals surface area contributed by atoms with Crippen LogP contribution >= 0.6 is 47.0 Å². The zero-order valence-electron chi connectivity index (χ0n) is 15.9. The van der Waals surface area contributed by atoms with Crippen molar-refractivity contribution in [1.29, 1.82) is 0 Å². The molecule has 0 atom stereocenters. The molecule has 0 aliphatic carbocycles. The third kappa shape index (κ3) is 8.73. The van der Waals surface area contributed by atoms with Gasteiger partial charge in [0.05, 0.1) is 0 Å². The van der Waals surface area contributed by atoms with Gasteiger partial charge < -0.3 is 0 Å². The first-order valence-corrected chi connectivity index (χ1v) is 23.7. The van der Waals surface area contributed by atoms with Crippen LogP contribution in [0.15, 0.2) is 20.3 Å². The van der Waals surface area contributed by atoms with Crippen LogP contribution in [0.4, 0.5) is 0 Å². The van der Waals surface area contributed by atoms with E-state index in [0.717, 1.165) is 0 Å². The summed E-state index contributed by atoms with van der Waals surface area (Å²) >= 11 is 9.29. The van der Waals surface area contributed by atoms with Crippen LogP contribution in [0.2, 0.25) is 17.9 Å². The maximum absolute atomic E-state index is 2.36. The average molecular weight is 883 g/mol. The van der Waals surface area contributed by atoms with Crippen molar-refractivity contribution in [2.45, 2.75) is 71.3 Å². The topological polar surface area (TPSA) is 0 Å². The van der Waals surface area contributed by atoms with Gasteiger partial charge in [0.1, 0.15) is 0 Å². The Kier molecular flexibility index (Phi) is 15.6. The Bertz CT molecular complexity index is 465. The molecule has 2 heterocycles. The van der Waals surface area contributed by atoms with Gasteiger partial charge in [-0.25, -0.2) is 0 Å². The van der Waals surface area contributed by atoms with Crippen molar-refractivity contribution in [1.82, 2.24) is 0 Å². The van der Waals surface area contributed by atoms with E-state index in [1.807, 2.05) is 11.8 Å². The molecule has 8 heteroatoms. The van der Waals surface area contributed by atoms with E-state index in [1.54, 1.807) is 8.47 Å². The zero-order chi connectivity index (χ0) is 18.8. The molecule has 0 aromatic carbocycles. The number of hydrogen-bond acceptors (Lipinski definition) is 4. The second-order valence-electron chi connectivity index (χ2n) is 5.53. The van der Waals surface area contributed by atoms with Crippen molar-refractivity contribution < 1.29 is 0 Å². The Labute approximate surface area is 218 Å². The molecule has 2 rings (SSSR count). The molecule has 26 heavy (non-hydrogen) atoms. The number of thioether (sulfide) groups is 4. The second kappa shape index (κ2) is 15.6. The van der Waals surface area contributed by atoms with Gasteiger partial charge in [0.2, 0.25) is 0 Å². The van der Waals surface area contributed by atoms with Crippen molar-refractivity contribution in [2.24, 2.45) is 0 Å². The van der Waals surface area contributed by atoms with Gasteiger partial charge in [0.25, 0.3) is 0 Å². The molecule has 0 saturated carbocycles. The zero-order valence-corrected chi connectivity index (χ0v) is 28.5. The van der Waals surface area contributed by atoms with E-state index in [2.05, 4.69) is 74.7 Å². The summed E-state index contributed by atoms with van der Waals surface area (Å²) in [6.45, 7) is 9.45. The second-order valence-corrected chi connectivity index (χ2v) is 26.0. The van der Waals surface area contributed by atoms with Gasteiger partial charge >= 0.3 is 222 Å². The summed E-state index contributed by atoms with van der Waals surface area (Å²) < 4.78 is 17.0. The molecule has 148 valence electrons. The Hall–Kier alpha value is 3.78. The molecule has 0 spiro atoms. The van der Waals surface area contributed by atoms with Gasteiger partial charge in [-0.05, 0) is 0 Å². The van der Waals surface area contributed by atoms with Gasteiger partial charge in [-0.1, -0.05) is 0 Å². The standard InChI is InChI=1S/C18H28S4Te4/c1-5-9-23-15-16(24-10-6-2)20-13(19-15)14-21-17(25-11-7-3)18(22-14)26-12-8-4/h5-12H2,1-4H3. The Morgan fingerprint density at radius 1 is 0.462 bits per heavy atom. The van der Waals surface area contributed by atoms with Crippen LogP contribution in [0.3, 0.4) is 0 Å². The van der Waals surface area contributed by atoms with Crippen molar-refractivity contribution in [3.8, 4) is 0 Å². The fraction of sp³-hybridized carbons (Fsp3) is 0.667. The van der Waals surface area contributed by atoms with E-state index in [4.69, 9.17) is 0 Å². The number of rotatable bonds is 12. The molecule has 2 aliphatic rings. The fourth-order valence-corrected chi connectivity index (χ4v) is 28.7. The first-order valence-electron chi connectivity index (χ1n) is 9.18. The minimum atomic E-state index is 0.0904. The van der Waals surface area contributed by atoms with Crippen LogP contribution in [0.5, 0.6) is 0 Å². The maximum atomic E-state index is 2.36. The Morgan fingerprint density at radius 3 is 0.885 bits per heavy atom. The predicted octanol–water partition coefficient (Wildman–Crippen LogP) is 7.46. The van der Waals surface area contributed by atoms with Gasteiger partial charge in [-0.2, -0.15) is 0 Å². The van der Waals surface area contributed by atoms with Crippen molar-refractivity contribution in [3.05, 3.63) is 20.3 Å². The first-order chi connectivity index (χ1) is 12.7. The van der Waals surface area contributed by atoms with E-state index >= 15 is 0 Å².